The van der Waals surface area contributed by atoms with Crippen LogP contribution >= 0.6 is 0 Å². The Labute approximate surface area is 95.9 Å². The van der Waals surface area contributed by atoms with Crippen molar-refractivity contribution in [3.63, 3.8) is 0 Å². The molecule has 7 N–H and O–H groups in total. The van der Waals surface area contributed by atoms with Crippen LogP contribution in [0, 0.1) is 0 Å². The molecule has 0 aliphatic carbocycles. The number of nitrogens with two attached hydrogens (primary N) is 3. The van der Waals surface area contributed by atoms with Gasteiger partial charge in [0.25, 0.3) is 0 Å². The van der Waals surface area contributed by atoms with Gasteiger partial charge in [-0.15, -0.1) is 0 Å². The van der Waals surface area contributed by atoms with Gasteiger partial charge in [0, 0.05) is 0 Å². The van der Waals surface area contributed by atoms with E-state index in [1.807, 2.05) is 0 Å². The molecule has 1 amide bonds. The van der Waals surface area contributed by atoms with Crippen LogP contribution in [-0.2, 0) is 9.59 Å². The average molecular weight is 259 g/mol. The maximum absolute atomic E-state index is 10.6. The van der Waals surface area contributed by atoms with Crippen LogP contribution in [0.15, 0.2) is 0 Å². The van der Waals surface area contributed by atoms with Crippen molar-refractivity contribution in [2.24, 2.45) is 17.2 Å². The Balaban J connectivity index is 0. The molecule has 0 rings (SSSR count). The van der Waals surface area contributed by atoms with Gasteiger partial charge in [0.15, 0.2) is 0 Å². The van der Waals surface area contributed by atoms with Crippen LogP contribution in [0.2, 0.25) is 0 Å². The largest absolute Gasteiger partial charge is 0.490 e. The molecule has 0 saturated carbocycles. The molecule has 0 fully saturated rings. The molecule has 0 aromatic heterocycles. The summed E-state index contributed by atoms with van der Waals surface area (Å²) in [6.07, 6.45) is -2.66. The van der Waals surface area contributed by atoms with Gasteiger partial charge in [-0.1, -0.05) is 6.42 Å². The van der Waals surface area contributed by atoms with E-state index in [0.29, 0.717) is 13.0 Å². The summed E-state index contributed by atoms with van der Waals surface area (Å²) < 4.78 is 31.7. The first-order valence-corrected chi connectivity index (χ1v) is 4.68. The van der Waals surface area contributed by atoms with Crippen LogP contribution < -0.4 is 17.2 Å². The lowest BCUT2D eigenvalue weighted by Crippen LogP contribution is -2.36. The second-order valence-corrected chi connectivity index (χ2v) is 3.10. The average Bonchev–Trinajstić information content (AvgIpc) is 2.17. The SMILES string of the molecule is NCCCCC(N)C(N)=O.O=C(O)C(F)(F)F. The summed E-state index contributed by atoms with van der Waals surface area (Å²) in [7, 11) is 0. The van der Waals surface area contributed by atoms with Crippen molar-refractivity contribution in [3.8, 4) is 0 Å². The van der Waals surface area contributed by atoms with Gasteiger partial charge in [-0.2, -0.15) is 13.2 Å². The van der Waals surface area contributed by atoms with E-state index in [1.165, 1.54) is 0 Å². The molecule has 17 heavy (non-hydrogen) atoms. The molecule has 0 saturated heterocycles. The fourth-order valence-electron chi connectivity index (χ4n) is 0.651. The van der Waals surface area contributed by atoms with Crippen molar-refractivity contribution in [1.29, 1.82) is 0 Å². The van der Waals surface area contributed by atoms with Crippen LogP contribution in [0.4, 0.5) is 13.2 Å². The molecule has 0 aliphatic rings. The first-order valence-electron chi connectivity index (χ1n) is 4.68. The third kappa shape index (κ3) is 12.6. The van der Waals surface area contributed by atoms with Crippen LogP contribution in [0.1, 0.15) is 19.3 Å². The number of hydrogen-bond acceptors (Lipinski definition) is 4. The van der Waals surface area contributed by atoms with E-state index >= 15 is 0 Å². The van der Waals surface area contributed by atoms with Gasteiger partial charge >= 0.3 is 12.1 Å². The molecule has 0 aromatic rings. The number of carboxylic acids is 1. The van der Waals surface area contributed by atoms with Gasteiger partial charge in [-0.25, -0.2) is 4.79 Å². The number of aliphatic carboxylic acids is 1. The Morgan fingerprint density at radius 1 is 1.24 bits per heavy atom. The molecule has 0 bridgehead atoms. The van der Waals surface area contributed by atoms with E-state index in [0.717, 1.165) is 12.8 Å². The van der Waals surface area contributed by atoms with Crippen LogP contribution in [-0.4, -0.2) is 35.7 Å². The molecule has 6 nitrogen and oxygen atoms in total. The Bertz CT molecular complexity index is 246. The number of carboxylic acid groups (broad SMARTS) is 1. The lowest BCUT2D eigenvalue weighted by atomic mass is 10.1. The first kappa shape index (κ1) is 18.0. The number of amides is 1. The molecule has 102 valence electrons. The van der Waals surface area contributed by atoms with Crippen molar-refractivity contribution in [3.05, 3.63) is 0 Å². The highest BCUT2D eigenvalue weighted by Crippen LogP contribution is 2.13. The minimum Gasteiger partial charge on any atom is -0.475 e. The molecule has 0 aliphatic heterocycles. The minimum absolute atomic E-state index is 0.433. The van der Waals surface area contributed by atoms with Gasteiger partial charge in [-0.3, -0.25) is 4.79 Å². The summed E-state index contributed by atoms with van der Waals surface area (Å²) in [6.45, 7) is 0.644. The second kappa shape index (κ2) is 8.76. The van der Waals surface area contributed by atoms with E-state index < -0.39 is 24.1 Å². The van der Waals surface area contributed by atoms with E-state index in [4.69, 9.17) is 27.1 Å². The van der Waals surface area contributed by atoms with Gasteiger partial charge in [0.1, 0.15) is 0 Å². The van der Waals surface area contributed by atoms with Gasteiger partial charge < -0.3 is 22.3 Å². The zero-order chi connectivity index (χ0) is 14.1. The molecule has 0 spiro atoms. The number of carbonyl (C=O) groups excluding carboxylic acids is 1. The van der Waals surface area contributed by atoms with E-state index in [2.05, 4.69) is 0 Å². The Hall–Kier alpha value is -1.35. The molecular formula is C8H16F3N3O3. The zero-order valence-electron chi connectivity index (χ0n) is 9.04. The Kier molecular flexibility index (Phi) is 9.29. The summed E-state index contributed by atoms with van der Waals surface area (Å²) in [5.41, 5.74) is 15.5. The lowest BCUT2D eigenvalue weighted by molar-refractivity contribution is -0.192. The molecule has 0 aromatic carbocycles. The molecular weight excluding hydrogens is 243 g/mol. The van der Waals surface area contributed by atoms with Crippen LogP contribution in [0.5, 0.6) is 0 Å². The maximum Gasteiger partial charge on any atom is 0.490 e. The number of unbranched alkanes of at least 4 members (excludes halogenated alkanes) is 1. The minimum atomic E-state index is -5.08. The second-order valence-electron chi connectivity index (χ2n) is 3.10. The highest BCUT2D eigenvalue weighted by molar-refractivity contribution is 5.79. The number of halogens is 3. The number of primary amides is 1. The third-order valence-electron chi connectivity index (χ3n) is 1.58. The van der Waals surface area contributed by atoms with Gasteiger partial charge in [0.05, 0.1) is 6.04 Å². The molecule has 0 radical (unpaired) electrons. The van der Waals surface area contributed by atoms with Crippen molar-refractivity contribution in [2.75, 3.05) is 6.54 Å². The van der Waals surface area contributed by atoms with Crippen LogP contribution in [0.3, 0.4) is 0 Å². The predicted octanol–water partition coefficient (Wildman–Crippen LogP) is -0.439. The standard InChI is InChI=1S/C6H15N3O.C2HF3O2/c7-4-2-1-3-5(8)6(9)10;3-2(4,5)1(6)7/h5H,1-4,7-8H2,(H2,9,10);(H,6,7). The van der Waals surface area contributed by atoms with E-state index in [9.17, 15) is 18.0 Å². The monoisotopic (exact) mass is 259 g/mol. The highest BCUT2D eigenvalue weighted by atomic mass is 19.4. The van der Waals surface area contributed by atoms with Gasteiger partial charge in [-0.05, 0) is 19.4 Å². The predicted molar refractivity (Wildman–Crippen MR) is 53.8 cm³/mol. The number of alkyl halides is 3. The number of rotatable bonds is 5. The third-order valence-corrected chi connectivity index (χ3v) is 1.58. The lowest BCUT2D eigenvalue weighted by Gasteiger charge is -2.04. The van der Waals surface area contributed by atoms with Crippen LogP contribution in [0.25, 0.3) is 0 Å². The van der Waals surface area contributed by atoms with Crippen molar-refractivity contribution in [1.82, 2.24) is 0 Å². The summed E-state index contributed by atoms with van der Waals surface area (Å²) in [5.74, 6) is -3.19. The normalized spacial score (nSPS) is 12.3. The molecule has 9 heteroatoms. The van der Waals surface area contributed by atoms with Crippen molar-refractivity contribution in [2.45, 2.75) is 31.5 Å². The first-order chi connectivity index (χ1) is 7.62. The van der Waals surface area contributed by atoms with Gasteiger partial charge in [0.2, 0.25) is 5.91 Å². The quantitative estimate of drug-likeness (QED) is 0.497. The molecule has 0 heterocycles. The summed E-state index contributed by atoms with van der Waals surface area (Å²) in [4.78, 5) is 19.3. The molecule has 1 atom stereocenters. The summed E-state index contributed by atoms with van der Waals surface area (Å²) >= 11 is 0. The van der Waals surface area contributed by atoms with Crippen molar-refractivity contribution >= 4 is 11.9 Å². The summed E-state index contributed by atoms with van der Waals surface area (Å²) in [6, 6.07) is -0.494. The van der Waals surface area contributed by atoms with E-state index in [1.54, 1.807) is 0 Å². The topological polar surface area (TPSA) is 132 Å². The fourth-order valence-corrected chi connectivity index (χ4v) is 0.651. The van der Waals surface area contributed by atoms with Crippen molar-refractivity contribution < 1.29 is 27.9 Å². The fraction of sp³-hybridized carbons (Fsp3) is 0.750. The van der Waals surface area contributed by atoms with E-state index in [-0.39, 0.29) is 0 Å². The maximum atomic E-state index is 10.6. The number of hydrogen-bond donors (Lipinski definition) is 4. The molecule has 1 unspecified atom stereocenters. The summed E-state index contributed by atoms with van der Waals surface area (Å²) in [5, 5.41) is 7.12. The highest BCUT2D eigenvalue weighted by Gasteiger charge is 2.38. The zero-order valence-corrected chi connectivity index (χ0v) is 9.04. The Morgan fingerprint density at radius 3 is 1.88 bits per heavy atom. The smallest absolute Gasteiger partial charge is 0.475 e. The Morgan fingerprint density at radius 2 is 1.65 bits per heavy atom. The number of carbonyl (C=O) groups is 2.